The van der Waals surface area contributed by atoms with E-state index in [1.165, 1.54) is 20.3 Å². The van der Waals surface area contributed by atoms with Crippen LogP contribution in [0.1, 0.15) is 19.4 Å². The molecule has 1 amide bonds. The van der Waals surface area contributed by atoms with Crippen molar-refractivity contribution >= 4 is 50.5 Å². The van der Waals surface area contributed by atoms with E-state index in [2.05, 4.69) is 10.4 Å². The maximum atomic E-state index is 13.1. The molecule has 156 valence electrons. The average Bonchev–Trinajstić information content (AvgIpc) is 3.28. The lowest BCUT2D eigenvalue weighted by Crippen LogP contribution is -2.29. The standard InChI is InChI=1S/C20H20ClN5O3S/c1-11(2)9-24-18(28)17-15(7-8-30-17)26-19(24)23-25(20(26)29)10-16(27)22-14-6-4-5-13(21)12(14)3/h4-8,11H,9-10H2,1-3H3,(H,22,27). The van der Waals surface area contributed by atoms with E-state index in [-0.39, 0.29) is 23.8 Å². The minimum Gasteiger partial charge on any atom is -0.324 e. The van der Waals surface area contributed by atoms with Crippen LogP contribution in [0, 0.1) is 12.8 Å². The number of aromatic nitrogens is 4. The van der Waals surface area contributed by atoms with E-state index in [1.807, 2.05) is 13.8 Å². The molecule has 0 unspecified atom stereocenters. The number of hydrogen-bond donors (Lipinski definition) is 1. The molecular formula is C20H20ClN5O3S. The summed E-state index contributed by atoms with van der Waals surface area (Å²) < 4.78 is 4.47. The quantitative estimate of drug-likeness (QED) is 0.511. The number of fused-ring (bicyclic) bond motifs is 3. The first-order valence-corrected chi connectivity index (χ1v) is 10.7. The molecule has 4 rings (SSSR count). The number of thiophene rings is 1. The van der Waals surface area contributed by atoms with Gasteiger partial charge in [0.05, 0.1) is 5.52 Å². The molecule has 1 aromatic carbocycles. The molecule has 8 nitrogen and oxygen atoms in total. The largest absolute Gasteiger partial charge is 0.352 e. The van der Waals surface area contributed by atoms with Gasteiger partial charge in [-0.25, -0.2) is 13.9 Å². The van der Waals surface area contributed by atoms with Crippen LogP contribution in [0.5, 0.6) is 0 Å². The van der Waals surface area contributed by atoms with Crippen LogP contribution in [0.25, 0.3) is 16.0 Å². The molecule has 3 heterocycles. The first-order valence-electron chi connectivity index (χ1n) is 9.42. The predicted molar refractivity (Wildman–Crippen MR) is 119 cm³/mol. The van der Waals surface area contributed by atoms with Gasteiger partial charge in [-0.05, 0) is 42.0 Å². The molecule has 0 saturated heterocycles. The second kappa shape index (κ2) is 7.73. The van der Waals surface area contributed by atoms with Crippen LogP contribution < -0.4 is 16.6 Å². The summed E-state index contributed by atoms with van der Waals surface area (Å²) >= 11 is 7.39. The van der Waals surface area contributed by atoms with Gasteiger partial charge in [-0.3, -0.25) is 14.2 Å². The van der Waals surface area contributed by atoms with Crippen LogP contribution in [-0.2, 0) is 17.9 Å². The zero-order valence-electron chi connectivity index (χ0n) is 16.7. The summed E-state index contributed by atoms with van der Waals surface area (Å²) in [5, 5.41) is 9.39. The van der Waals surface area contributed by atoms with Gasteiger partial charge in [0, 0.05) is 17.3 Å². The maximum Gasteiger partial charge on any atom is 0.352 e. The van der Waals surface area contributed by atoms with Crippen LogP contribution >= 0.6 is 22.9 Å². The Hall–Kier alpha value is -2.91. The van der Waals surface area contributed by atoms with Crippen molar-refractivity contribution in [1.29, 1.82) is 0 Å². The highest BCUT2D eigenvalue weighted by Crippen LogP contribution is 2.23. The zero-order chi connectivity index (χ0) is 21.6. The predicted octanol–water partition coefficient (Wildman–Crippen LogP) is 3.13. The molecule has 0 atom stereocenters. The van der Waals surface area contributed by atoms with Crippen LogP contribution in [0.4, 0.5) is 5.69 Å². The lowest BCUT2D eigenvalue weighted by Gasteiger charge is -2.09. The summed E-state index contributed by atoms with van der Waals surface area (Å²) in [4.78, 5) is 38.5. The van der Waals surface area contributed by atoms with Gasteiger partial charge in [-0.1, -0.05) is 31.5 Å². The van der Waals surface area contributed by atoms with Crippen molar-refractivity contribution in [2.24, 2.45) is 5.92 Å². The van der Waals surface area contributed by atoms with E-state index in [9.17, 15) is 14.4 Å². The number of halogens is 1. The molecule has 0 spiro atoms. The summed E-state index contributed by atoms with van der Waals surface area (Å²) in [6.45, 7) is 5.90. The normalized spacial score (nSPS) is 11.6. The number of benzene rings is 1. The molecule has 0 radical (unpaired) electrons. The van der Waals surface area contributed by atoms with Gasteiger partial charge in [0.25, 0.3) is 5.56 Å². The number of carbonyl (C=O) groups excluding carboxylic acids is 1. The van der Waals surface area contributed by atoms with Gasteiger partial charge in [-0.15, -0.1) is 16.4 Å². The minimum absolute atomic E-state index is 0.179. The summed E-state index contributed by atoms with van der Waals surface area (Å²) in [6, 6.07) is 6.93. The summed E-state index contributed by atoms with van der Waals surface area (Å²) in [7, 11) is 0. The average molecular weight is 446 g/mol. The third-order valence-electron chi connectivity index (χ3n) is 4.77. The van der Waals surface area contributed by atoms with Crippen LogP contribution in [0.2, 0.25) is 5.02 Å². The number of carbonyl (C=O) groups is 1. The Morgan fingerprint density at radius 3 is 2.77 bits per heavy atom. The molecule has 4 aromatic rings. The number of amides is 1. The summed E-state index contributed by atoms with van der Waals surface area (Å²) in [5.74, 6) is -0.000190. The summed E-state index contributed by atoms with van der Waals surface area (Å²) in [6.07, 6.45) is 0. The minimum atomic E-state index is -0.469. The highest BCUT2D eigenvalue weighted by atomic mass is 35.5. The molecule has 0 aliphatic rings. The second-order valence-electron chi connectivity index (χ2n) is 7.48. The van der Waals surface area contributed by atoms with Crippen molar-refractivity contribution in [2.75, 3.05) is 5.32 Å². The third kappa shape index (κ3) is 3.44. The van der Waals surface area contributed by atoms with E-state index in [1.54, 1.807) is 36.6 Å². The number of rotatable bonds is 5. The molecule has 10 heteroatoms. The molecule has 0 saturated carbocycles. The highest BCUT2D eigenvalue weighted by molar-refractivity contribution is 7.17. The Labute approximate surface area is 180 Å². The fourth-order valence-corrected chi connectivity index (χ4v) is 4.33. The van der Waals surface area contributed by atoms with E-state index in [4.69, 9.17) is 11.6 Å². The molecule has 30 heavy (non-hydrogen) atoms. The Kier molecular flexibility index (Phi) is 5.25. The highest BCUT2D eigenvalue weighted by Gasteiger charge is 2.20. The molecule has 0 fully saturated rings. The number of nitrogens with one attached hydrogen (secondary N) is 1. The lowest BCUT2D eigenvalue weighted by molar-refractivity contribution is -0.117. The Morgan fingerprint density at radius 2 is 2.03 bits per heavy atom. The van der Waals surface area contributed by atoms with Gasteiger partial charge in [0.1, 0.15) is 11.2 Å². The van der Waals surface area contributed by atoms with Crippen molar-refractivity contribution in [2.45, 2.75) is 33.9 Å². The maximum absolute atomic E-state index is 13.1. The topological polar surface area (TPSA) is 90.4 Å². The van der Waals surface area contributed by atoms with Gasteiger partial charge in [-0.2, -0.15) is 0 Å². The van der Waals surface area contributed by atoms with Crippen molar-refractivity contribution < 1.29 is 4.79 Å². The fraction of sp³-hybridized carbons (Fsp3) is 0.300. The van der Waals surface area contributed by atoms with Crippen LogP contribution in [0.15, 0.2) is 39.2 Å². The van der Waals surface area contributed by atoms with Gasteiger partial charge < -0.3 is 5.32 Å². The Bertz CT molecular complexity index is 1400. The van der Waals surface area contributed by atoms with Crippen molar-refractivity contribution in [3.8, 4) is 0 Å². The van der Waals surface area contributed by atoms with E-state index >= 15 is 0 Å². The van der Waals surface area contributed by atoms with E-state index in [0.29, 0.717) is 27.5 Å². The first kappa shape index (κ1) is 20.4. The van der Waals surface area contributed by atoms with Gasteiger partial charge in [0.15, 0.2) is 0 Å². The van der Waals surface area contributed by atoms with Crippen molar-refractivity contribution in [3.05, 3.63) is 61.1 Å². The molecule has 0 aliphatic heterocycles. The Morgan fingerprint density at radius 1 is 1.27 bits per heavy atom. The van der Waals surface area contributed by atoms with Gasteiger partial charge in [0.2, 0.25) is 11.7 Å². The number of nitrogens with zero attached hydrogens (tertiary/aromatic N) is 4. The van der Waals surface area contributed by atoms with Crippen LogP contribution in [-0.4, -0.2) is 24.7 Å². The van der Waals surface area contributed by atoms with E-state index in [0.717, 1.165) is 10.2 Å². The van der Waals surface area contributed by atoms with Crippen molar-refractivity contribution in [1.82, 2.24) is 18.7 Å². The number of anilines is 1. The monoisotopic (exact) mass is 445 g/mol. The summed E-state index contributed by atoms with van der Waals surface area (Å²) in [5.41, 5.74) is 1.16. The first-order chi connectivity index (χ1) is 14.3. The molecule has 0 aliphatic carbocycles. The third-order valence-corrected chi connectivity index (χ3v) is 6.07. The smallest absolute Gasteiger partial charge is 0.324 e. The van der Waals surface area contributed by atoms with Gasteiger partial charge >= 0.3 is 5.69 Å². The molecule has 3 aromatic heterocycles. The second-order valence-corrected chi connectivity index (χ2v) is 8.80. The molecule has 0 bridgehead atoms. The van der Waals surface area contributed by atoms with Crippen molar-refractivity contribution in [3.63, 3.8) is 0 Å². The Balaban J connectivity index is 1.78. The SMILES string of the molecule is Cc1c(Cl)cccc1NC(=O)Cn1nc2n(CC(C)C)c(=O)c3sccc3n2c1=O. The molecule has 1 N–H and O–H groups in total. The molecular weight excluding hydrogens is 426 g/mol. The fourth-order valence-electron chi connectivity index (χ4n) is 3.34. The zero-order valence-corrected chi connectivity index (χ0v) is 18.3. The van der Waals surface area contributed by atoms with Crippen LogP contribution in [0.3, 0.4) is 0 Å². The lowest BCUT2D eigenvalue weighted by atomic mass is 10.2. The number of hydrogen-bond acceptors (Lipinski definition) is 5. The van der Waals surface area contributed by atoms with E-state index < -0.39 is 11.6 Å².